The van der Waals surface area contributed by atoms with Crippen LogP contribution in [0.3, 0.4) is 0 Å². The zero-order chi connectivity index (χ0) is 13.2. The number of nitrogens with one attached hydrogen (secondary N) is 2. The molecule has 0 saturated carbocycles. The van der Waals surface area contributed by atoms with Crippen LogP contribution in [0.1, 0.15) is 6.42 Å². The SMILES string of the molecule is O=C(O)CSCCCNC(=O)Nc1ccccc1. The molecule has 6 heteroatoms. The average Bonchev–Trinajstić information content (AvgIpc) is 2.34. The number of benzene rings is 1. The van der Waals surface area contributed by atoms with E-state index in [0.717, 1.165) is 17.9 Å². The third kappa shape index (κ3) is 6.80. The van der Waals surface area contributed by atoms with Crippen LogP contribution in [0.4, 0.5) is 10.5 Å². The van der Waals surface area contributed by atoms with Crippen molar-refractivity contribution >= 4 is 29.4 Å². The van der Waals surface area contributed by atoms with E-state index in [4.69, 9.17) is 5.11 Å². The highest BCUT2D eigenvalue weighted by Crippen LogP contribution is 2.04. The Morgan fingerprint density at radius 3 is 2.61 bits per heavy atom. The van der Waals surface area contributed by atoms with Crippen molar-refractivity contribution in [2.45, 2.75) is 6.42 Å². The first-order valence-electron chi connectivity index (χ1n) is 5.58. The summed E-state index contributed by atoms with van der Waals surface area (Å²) < 4.78 is 0. The lowest BCUT2D eigenvalue weighted by Crippen LogP contribution is -2.29. The molecular formula is C12H16N2O3S. The lowest BCUT2D eigenvalue weighted by atomic mass is 10.3. The third-order valence-corrected chi connectivity index (χ3v) is 3.04. The summed E-state index contributed by atoms with van der Waals surface area (Å²) in [5.74, 6) is 0.0171. The van der Waals surface area contributed by atoms with Crippen LogP contribution in [-0.2, 0) is 4.79 Å². The van der Waals surface area contributed by atoms with E-state index in [2.05, 4.69) is 10.6 Å². The van der Waals surface area contributed by atoms with Gasteiger partial charge in [-0.15, -0.1) is 0 Å². The van der Waals surface area contributed by atoms with Crippen LogP contribution in [0.15, 0.2) is 30.3 Å². The number of carboxylic acids is 1. The molecule has 5 nitrogen and oxygen atoms in total. The lowest BCUT2D eigenvalue weighted by Gasteiger charge is -2.06. The Bertz CT molecular complexity index is 384. The van der Waals surface area contributed by atoms with E-state index in [1.807, 2.05) is 30.3 Å². The number of urea groups is 1. The normalized spacial score (nSPS) is 9.78. The van der Waals surface area contributed by atoms with Gasteiger partial charge < -0.3 is 15.7 Å². The van der Waals surface area contributed by atoms with Crippen molar-refractivity contribution in [3.63, 3.8) is 0 Å². The van der Waals surface area contributed by atoms with E-state index < -0.39 is 5.97 Å². The molecule has 0 bridgehead atoms. The van der Waals surface area contributed by atoms with Gasteiger partial charge in [-0.3, -0.25) is 4.79 Å². The quantitative estimate of drug-likeness (QED) is 0.661. The number of hydrogen-bond donors (Lipinski definition) is 3. The number of carbonyl (C=O) groups is 2. The predicted molar refractivity (Wildman–Crippen MR) is 73.0 cm³/mol. The van der Waals surface area contributed by atoms with E-state index in [0.29, 0.717) is 6.54 Å². The first-order valence-corrected chi connectivity index (χ1v) is 6.73. The minimum absolute atomic E-state index is 0.107. The van der Waals surface area contributed by atoms with Gasteiger partial charge in [0.1, 0.15) is 0 Å². The number of hydrogen-bond acceptors (Lipinski definition) is 3. The van der Waals surface area contributed by atoms with Gasteiger partial charge in [-0.25, -0.2) is 4.79 Å². The van der Waals surface area contributed by atoms with Gasteiger partial charge in [0.05, 0.1) is 5.75 Å². The molecule has 0 aliphatic carbocycles. The zero-order valence-corrected chi connectivity index (χ0v) is 10.7. The van der Waals surface area contributed by atoms with Crippen molar-refractivity contribution in [3.8, 4) is 0 Å². The molecule has 0 aromatic heterocycles. The number of anilines is 1. The second kappa shape index (κ2) is 8.41. The Morgan fingerprint density at radius 2 is 1.94 bits per heavy atom. The Hall–Kier alpha value is -1.69. The van der Waals surface area contributed by atoms with Crippen molar-refractivity contribution in [3.05, 3.63) is 30.3 Å². The molecule has 0 heterocycles. The number of para-hydroxylation sites is 1. The van der Waals surface area contributed by atoms with Gasteiger partial charge >= 0.3 is 12.0 Å². The molecule has 2 amide bonds. The molecule has 0 saturated heterocycles. The van der Waals surface area contributed by atoms with E-state index >= 15 is 0 Å². The van der Waals surface area contributed by atoms with Crippen molar-refractivity contribution in [2.24, 2.45) is 0 Å². The topological polar surface area (TPSA) is 78.4 Å². The van der Waals surface area contributed by atoms with Crippen LogP contribution in [0, 0.1) is 0 Å². The standard InChI is InChI=1S/C12H16N2O3S/c15-11(16)9-18-8-4-7-13-12(17)14-10-5-2-1-3-6-10/h1-3,5-6H,4,7-9H2,(H,15,16)(H2,13,14,17). The van der Waals surface area contributed by atoms with Crippen LogP contribution in [0.5, 0.6) is 0 Å². The maximum atomic E-state index is 11.4. The van der Waals surface area contributed by atoms with E-state index in [1.165, 1.54) is 11.8 Å². The van der Waals surface area contributed by atoms with E-state index in [1.54, 1.807) is 0 Å². The first-order chi connectivity index (χ1) is 8.68. The fourth-order valence-electron chi connectivity index (χ4n) is 1.23. The summed E-state index contributed by atoms with van der Waals surface area (Å²) in [6.07, 6.45) is 0.750. The molecule has 0 unspecified atom stereocenters. The van der Waals surface area contributed by atoms with Crippen LogP contribution in [0.25, 0.3) is 0 Å². The summed E-state index contributed by atoms with van der Waals surface area (Å²) in [6.45, 7) is 0.533. The van der Waals surface area contributed by atoms with Crippen LogP contribution < -0.4 is 10.6 Å². The number of rotatable bonds is 7. The fourth-order valence-corrected chi connectivity index (χ4v) is 1.90. The maximum Gasteiger partial charge on any atom is 0.319 e. The Morgan fingerprint density at radius 1 is 1.22 bits per heavy atom. The van der Waals surface area contributed by atoms with Crippen LogP contribution >= 0.6 is 11.8 Å². The first kappa shape index (κ1) is 14.4. The molecule has 3 N–H and O–H groups in total. The Labute approximate surface area is 110 Å². The molecule has 0 aliphatic rings. The molecule has 1 aromatic carbocycles. The molecular weight excluding hydrogens is 252 g/mol. The summed E-state index contributed by atoms with van der Waals surface area (Å²) in [6, 6.07) is 8.94. The zero-order valence-electron chi connectivity index (χ0n) is 9.89. The Balaban J connectivity index is 2.05. The molecule has 0 atom stereocenters. The predicted octanol–water partition coefficient (Wildman–Crippen LogP) is 2.02. The average molecular weight is 268 g/mol. The van der Waals surface area contributed by atoms with Crippen molar-refractivity contribution < 1.29 is 14.7 Å². The highest BCUT2D eigenvalue weighted by Gasteiger charge is 2.00. The molecule has 1 rings (SSSR count). The van der Waals surface area contributed by atoms with Gasteiger partial charge in [-0.2, -0.15) is 11.8 Å². The van der Waals surface area contributed by atoms with Crippen LogP contribution in [-0.4, -0.2) is 35.2 Å². The molecule has 0 aliphatic heterocycles. The van der Waals surface area contributed by atoms with Gasteiger partial charge in [0, 0.05) is 12.2 Å². The second-order valence-electron chi connectivity index (χ2n) is 3.55. The summed E-state index contributed by atoms with van der Waals surface area (Å²) in [5.41, 5.74) is 0.746. The van der Waals surface area contributed by atoms with Gasteiger partial charge in [0.2, 0.25) is 0 Å². The molecule has 98 valence electrons. The molecule has 18 heavy (non-hydrogen) atoms. The lowest BCUT2D eigenvalue weighted by molar-refractivity contribution is -0.133. The third-order valence-electron chi connectivity index (χ3n) is 2.01. The van der Waals surface area contributed by atoms with Gasteiger partial charge in [-0.05, 0) is 24.3 Å². The summed E-state index contributed by atoms with van der Waals surface area (Å²) in [5, 5.41) is 13.8. The number of carboxylic acid groups (broad SMARTS) is 1. The summed E-state index contributed by atoms with van der Waals surface area (Å²) >= 11 is 1.35. The second-order valence-corrected chi connectivity index (χ2v) is 4.65. The van der Waals surface area contributed by atoms with Crippen LogP contribution in [0.2, 0.25) is 0 Å². The van der Waals surface area contributed by atoms with Gasteiger partial charge in [0.25, 0.3) is 0 Å². The molecule has 0 radical (unpaired) electrons. The maximum absolute atomic E-state index is 11.4. The summed E-state index contributed by atoms with van der Waals surface area (Å²) in [4.78, 5) is 21.7. The van der Waals surface area contributed by atoms with Gasteiger partial charge in [0.15, 0.2) is 0 Å². The fraction of sp³-hybridized carbons (Fsp3) is 0.333. The van der Waals surface area contributed by atoms with Crippen molar-refractivity contribution in [2.75, 3.05) is 23.4 Å². The molecule has 1 aromatic rings. The molecule has 0 spiro atoms. The van der Waals surface area contributed by atoms with Crippen molar-refractivity contribution in [1.29, 1.82) is 0 Å². The summed E-state index contributed by atoms with van der Waals surface area (Å²) in [7, 11) is 0. The monoisotopic (exact) mass is 268 g/mol. The van der Waals surface area contributed by atoms with E-state index in [-0.39, 0.29) is 11.8 Å². The minimum atomic E-state index is -0.810. The highest BCUT2D eigenvalue weighted by molar-refractivity contribution is 7.99. The minimum Gasteiger partial charge on any atom is -0.481 e. The van der Waals surface area contributed by atoms with Gasteiger partial charge in [-0.1, -0.05) is 18.2 Å². The Kier molecular flexibility index (Phi) is 6.71. The van der Waals surface area contributed by atoms with E-state index in [9.17, 15) is 9.59 Å². The number of carbonyl (C=O) groups excluding carboxylic acids is 1. The molecule has 0 fully saturated rings. The number of amides is 2. The van der Waals surface area contributed by atoms with Crippen molar-refractivity contribution in [1.82, 2.24) is 5.32 Å². The smallest absolute Gasteiger partial charge is 0.319 e. The number of thioether (sulfide) groups is 1. The number of aliphatic carboxylic acids is 1. The largest absolute Gasteiger partial charge is 0.481 e. The highest BCUT2D eigenvalue weighted by atomic mass is 32.2.